The molecule has 2 saturated heterocycles. The SMILES string of the molecule is CC(=O)N[C@H]1[C@@H](OP(=O)([O-])OP(=O)([O-])OC[C@H]2O[C@@H](n3ccc(=O)[nH]c3=O)[C@H](O)[C@@H]2O)O[C@H](CO)[C@H](O)[C@@H]1O.[Na+].[Na+]. The van der Waals surface area contributed by atoms with Crippen molar-refractivity contribution in [1.82, 2.24) is 14.9 Å². The van der Waals surface area contributed by atoms with Gasteiger partial charge in [-0.2, -0.15) is 0 Å². The Morgan fingerprint density at radius 1 is 1.05 bits per heavy atom. The predicted octanol–water partition coefficient (Wildman–Crippen LogP) is -11.9. The molecule has 2 aliphatic heterocycles. The maximum Gasteiger partial charge on any atom is 1.00 e. The minimum absolute atomic E-state index is 0. The second-order valence-electron chi connectivity index (χ2n) is 8.37. The average molecular weight is 651 g/mol. The fourth-order valence-corrected chi connectivity index (χ4v) is 5.83. The summed E-state index contributed by atoms with van der Waals surface area (Å²) in [5.41, 5.74) is -1.79. The van der Waals surface area contributed by atoms with E-state index < -0.39 is 101 Å². The molecule has 1 aromatic rings. The topological polar surface area (TPSA) is 312 Å². The Bertz CT molecular complexity index is 1250. The Labute approximate surface area is 274 Å². The largest absolute Gasteiger partial charge is 1.00 e. The molecular weight excluding hydrogens is 626 g/mol. The number of aromatic amines is 1. The van der Waals surface area contributed by atoms with E-state index in [9.17, 15) is 58.8 Å². The number of carbonyl (C=O) groups excluding carboxylic acids is 1. The van der Waals surface area contributed by atoms with Gasteiger partial charge in [-0.15, -0.1) is 0 Å². The molecule has 20 nitrogen and oxygen atoms in total. The molecule has 41 heavy (non-hydrogen) atoms. The maximum absolute atomic E-state index is 12.3. The number of amides is 1. The number of nitrogens with zero attached hydrogens (tertiary/aromatic N) is 1. The van der Waals surface area contributed by atoms with Gasteiger partial charge in [0.1, 0.15) is 42.7 Å². The predicted molar refractivity (Wildman–Crippen MR) is 116 cm³/mol. The Hall–Kier alpha value is 0.130. The first-order chi connectivity index (χ1) is 18.0. The summed E-state index contributed by atoms with van der Waals surface area (Å²) in [6.07, 6.45) is -13.4. The monoisotopic (exact) mass is 651 g/mol. The third kappa shape index (κ3) is 10.1. The van der Waals surface area contributed by atoms with Crippen molar-refractivity contribution in [2.24, 2.45) is 0 Å². The van der Waals surface area contributed by atoms with Crippen LogP contribution in [0.15, 0.2) is 21.9 Å². The molecule has 0 saturated carbocycles. The number of aliphatic hydroxyl groups excluding tert-OH is 5. The first kappa shape index (κ1) is 39.2. The normalized spacial score (nSPS) is 34.4. The van der Waals surface area contributed by atoms with Crippen molar-refractivity contribution in [3.8, 4) is 0 Å². The molecular formula is C17H25N3Na2O17P2. The van der Waals surface area contributed by atoms with E-state index in [0.29, 0.717) is 4.57 Å². The molecule has 2 unspecified atom stereocenters. The van der Waals surface area contributed by atoms with Gasteiger partial charge in [-0.3, -0.25) is 32.8 Å². The molecule has 0 spiro atoms. The van der Waals surface area contributed by atoms with Crippen LogP contribution in [0, 0.1) is 0 Å². The summed E-state index contributed by atoms with van der Waals surface area (Å²) in [4.78, 5) is 60.9. The van der Waals surface area contributed by atoms with E-state index >= 15 is 0 Å². The van der Waals surface area contributed by atoms with Crippen LogP contribution < -0.4 is 85.5 Å². The van der Waals surface area contributed by atoms with Crippen LogP contribution in [-0.4, -0.2) is 103 Å². The van der Waals surface area contributed by atoms with E-state index in [1.807, 2.05) is 4.98 Å². The third-order valence-electron chi connectivity index (χ3n) is 5.54. The Balaban J connectivity index is 0.00000420. The van der Waals surface area contributed by atoms with Crippen molar-refractivity contribution in [3.05, 3.63) is 33.1 Å². The van der Waals surface area contributed by atoms with Crippen LogP contribution in [0.3, 0.4) is 0 Å². The number of carbonyl (C=O) groups is 1. The summed E-state index contributed by atoms with van der Waals surface area (Å²) < 4.78 is 48.2. The third-order valence-corrected chi connectivity index (χ3v) is 8.07. The molecule has 0 aromatic carbocycles. The number of aromatic nitrogens is 2. The van der Waals surface area contributed by atoms with E-state index in [1.165, 1.54) is 0 Å². The van der Waals surface area contributed by atoms with Crippen LogP contribution >= 0.6 is 15.6 Å². The number of aliphatic hydroxyl groups is 5. The zero-order valence-electron chi connectivity index (χ0n) is 21.7. The molecule has 7 N–H and O–H groups in total. The minimum atomic E-state index is -5.94. The minimum Gasteiger partial charge on any atom is -0.756 e. The van der Waals surface area contributed by atoms with Gasteiger partial charge in [-0.25, -0.2) is 9.11 Å². The summed E-state index contributed by atoms with van der Waals surface area (Å²) >= 11 is 0. The van der Waals surface area contributed by atoms with Gasteiger partial charge in [0, 0.05) is 19.2 Å². The number of phosphoric acid groups is 2. The fraction of sp³-hybridized carbons (Fsp3) is 0.706. The molecule has 2 fully saturated rings. The van der Waals surface area contributed by atoms with Crippen molar-refractivity contribution < 1.29 is 131 Å². The van der Waals surface area contributed by atoms with Gasteiger partial charge in [0.2, 0.25) is 5.91 Å². The van der Waals surface area contributed by atoms with Crippen LogP contribution in [0.4, 0.5) is 0 Å². The van der Waals surface area contributed by atoms with Gasteiger partial charge >= 0.3 is 64.8 Å². The van der Waals surface area contributed by atoms with Crippen molar-refractivity contribution >= 4 is 21.6 Å². The average Bonchev–Trinajstić information content (AvgIpc) is 3.10. The molecule has 222 valence electrons. The van der Waals surface area contributed by atoms with Crippen LogP contribution in [0.2, 0.25) is 0 Å². The standard InChI is InChI=1S/C17H27N3O17P2.2Na/c1-6(22)18-10-13(26)11(24)7(4-21)35-16(10)36-39(31,32)37-38(29,30)33-5-8-12(25)14(27)15(34-8)20-3-2-9(23)19-17(20)28;;/h2-3,7-8,10-16,21,24-27H,4-5H2,1H3,(H,18,22)(H,29,30)(H,31,32)(H,19,23,28);;/q;2*+1/p-2/t7-,8-,10-,11+,12-,13-,14-,15-,16-;;/m1../s1. The molecule has 3 rings (SSSR count). The Kier molecular flexibility index (Phi) is 15.2. The van der Waals surface area contributed by atoms with Crippen molar-refractivity contribution in [2.75, 3.05) is 13.2 Å². The van der Waals surface area contributed by atoms with E-state index in [2.05, 4.69) is 18.7 Å². The second-order valence-corrected chi connectivity index (χ2v) is 11.3. The summed E-state index contributed by atoms with van der Waals surface area (Å²) in [6, 6.07) is -0.844. The van der Waals surface area contributed by atoms with Crippen molar-refractivity contribution in [2.45, 2.75) is 62.1 Å². The van der Waals surface area contributed by atoms with Crippen LogP contribution in [-0.2, 0) is 36.8 Å². The number of H-pyrrole nitrogens is 1. The molecule has 11 atom stereocenters. The molecule has 0 aliphatic carbocycles. The molecule has 1 aromatic heterocycles. The van der Waals surface area contributed by atoms with Gasteiger partial charge in [0.05, 0.1) is 13.2 Å². The van der Waals surface area contributed by atoms with Gasteiger partial charge in [-0.1, -0.05) is 0 Å². The van der Waals surface area contributed by atoms with E-state index in [0.717, 1.165) is 19.2 Å². The number of ether oxygens (including phenoxy) is 2. The second kappa shape index (κ2) is 15.9. The summed E-state index contributed by atoms with van der Waals surface area (Å²) in [7, 11) is -11.8. The van der Waals surface area contributed by atoms with Gasteiger partial charge < -0.3 is 54.6 Å². The van der Waals surface area contributed by atoms with Crippen LogP contribution in [0.25, 0.3) is 0 Å². The maximum atomic E-state index is 12.3. The first-order valence-electron chi connectivity index (χ1n) is 10.9. The zero-order valence-corrected chi connectivity index (χ0v) is 27.5. The summed E-state index contributed by atoms with van der Waals surface area (Å²) in [5.74, 6) is -0.829. The van der Waals surface area contributed by atoms with Crippen LogP contribution in [0.1, 0.15) is 13.2 Å². The molecule has 0 bridgehead atoms. The summed E-state index contributed by atoms with van der Waals surface area (Å²) in [6.45, 7) is -1.09. The van der Waals surface area contributed by atoms with E-state index in [4.69, 9.17) is 9.47 Å². The van der Waals surface area contributed by atoms with Crippen molar-refractivity contribution in [1.29, 1.82) is 0 Å². The van der Waals surface area contributed by atoms with Gasteiger partial charge in [0.15, 0.2) is 12.5 Å². The Morgan fingerprint density at radius 2 is 1.66 bits per heavy atom. The molecule has 2 aliphatic rings. The van der Waals surface area contributed by atoms with E-state index in [-0.39, 0.29) is 59.1 Å². The number of phosphoric ester groups is 2. The molecule has 3 heterocycles. The van der Waals surface area contributed by atoms with Gasteiger partial charge in [0.25, 0.3) is 21.2 Å². The smallest absolute Gasteiger partial charge is 0.756 e. The van der Waals surface area contributed by atoms with E-state index in [1.54, 1.807) is 0 Å². The van der Waals surface area contributed by atoms with Crippen molar-refractivity contribution in [3.63, 3.8) is 0 Å². The Morgan fingerprint density at radius 3 is 2.22 bits per heavy atom. The number of hydrogen-bond acceptors (Lipinski definition) is 17. The van der Waals surface area contributed by atoms with Gasteiger partial charge in [-0.05, 0) is 0 Å². The summed E-state index contributed by atoms with van der Waals surface area (Å²) in [5, 5.41) is 51.7. The number of rotatable bonds is 10. The first-order valence-corrected chi connectivity index (χ1v) is 13.9. The molecule has 24 heteroatoms. The molecule has 1 amide bonds. The number of nitrogens with one attached hydrogen (secondary N) is 2. The molecule has 0 radical (unpaired) electrons. The van der Waals surface area contributed by atoms with Crippen LogP contribution in [0.5, 0.6) is 0 Å². The fourth-order valence-electron chi connectivity index (χ4n) is 3.74. The zero-order chi connectivity index (χ0) is 29.3. The number of hydrogen-bond donors (Lipinski definition) is 7. The quantitative estimate of drug-likeness (QED) is 0.0912.